The van der Waals surface area contributed by atoms with Crippen LogP contribution in [0.4, 0.5) is 0 Å². The molecule has 0 heterocycles. The third kappa shape index (κ3) is 7.12. The van der Waals surface area contributed by atoms with Gasteiger partial charge in [0.1, 0.15) is 0 Å². The van der Waals surface area contributed by atoms with Crippen LogP contribution in [0.15, 0.2) is 0 Å². The molecule has 0 radical (unpaired) electrons. The maximum absolute atomic E-state index is 9.32. The molecule has 0 spiro atoms. The van der Waals surface area contributed by atoms with Crippen molar-refractivity contribution in [2.45, 2.75) is 72.3 Å². The summed E-state index contributed by atoms with van der Waals surface area (Å²) in [6, 6.07) is 0. The van der Waals surface area contributed by atoms with Gasteiger partial charge in [0.2, 0.25) is 0 Å². The van der Waals surface area contributed by atoms with E-state index in [1.54, 1.807) is 0 Å². The summed E-state index contributed by atoms with van der Waals surface area (Å²) >= 11 is 0. The van der Waals surface area contributed by atoms with Crippen molar-refractivity contribution in [2.24, 2.45) is 11.3 Å². The summed E-state index contributed by atoms with van der Waals surface area (Å²) in [5, 5.41) is 13.1. The van der Waals surface area contributed by atoms with Gasteiger partial charge in [-0.25, -0.2) is 0 Å². The largest absolute Gasteiger partial charge is 0.395 e. The smallest absolute Gasteiger partial charge is 0.0558 e. The second kappa shape index (κ2) is 8.50. The SMILES string of the molecule is CCCN(CCO)CC1(CNC(C)(C)C)CCC(C)CC1. The maximum atomic E-state index is 9.32. The quantitative estimate of drug-likeness (QED) is 0.722. The number of hydrogen-bond acceptors (Lipinski definition) is 3. The van der Waals surface area contributed by atoms with Gasteiger partial charge in [0.25, 0.3) is 0 Å². The molecule has 0 aromatic heterocycles. The van der Waals surface area contributed by atoms with Crippen LogP contribution in [0.5, 0.6) is 0 Å². The van der Waals surface area contributed by atoms with E-state index in [-0.39, 0.29) is 12.1 Å². The van der Waals surface area contributed by atoms with E-state index in [9.17, 15) is 5.11 Å². The zero-order valence-electron chi connectivity index (χ0n) is 15.0. The Kier molecular flexibility index (Phi) is 7.66. The Balaban J connectivity index is 2.70. The van der Waals surface area contributed by atoms with Crippen molar-refractivity contribution >= 4 is 0 Å². The van der Waals surface area contributed by atoms with Gasteiger partial charge in [-0.2, -0.15) is 0 Å². The van der Waals surface area contributed by atoms with E-state index >= 15 is 0 Å². The third-order valence-corrected chi connectivity index (χ3v) is 4.84. The molecule has 0 aliphatic heterocycles. The molecule has 2 N–H and O–H groups in total. The van der Waals surface area contributed by atoms with Crippen LogP contribution in [0.3, 0.4) is 0 Å². The van der Waals surface area contributed by atoms with Crippen LogP contribution >= 0.6 is 0 Å². The van der Waals surface area contributed by atoms with E-state index < -0.39 is 0 Å². The molecular formula is C18H38N2O. The van der Waals surface area contributed by atoms with Crippen LogP contribution in [0.2, 0.25) is 0 Å². The summed E-state index contributed by atoms with van der Waals surface area (Å²) in [5.74, 6) is 0.880. The molecule has 3 heteroatoms. The molecule has 0 saturated heterocycles. The van der Waals surface area contributed by atoms with Crippen molar-refractivity contribution in [3.8, 4) is 0 Å². The molecule has 1 aliphatic rings. The van der Waals surface area contributed by atoms with E-state index in [0.29, 0.717) is 5.41 Å². The van der Waals surface area contributed by atoms with Gasteiger partial charge in [-0.15, -0.1) is 0 Å². The van der Waals surface area contributed by atoms with Gasteiger partial charge in [-0.1, -0.05) is 26.7 Å². The highest BCUT2D eigenvalue weighted by Gasteiger charge is 2.36. The summed E-state index contributed by atoms with van der Waals surface area (Å²) in [5.41, 5.74) is 0.576. The van der Waals surface area contributed by atoms with Crippen molar-refractivity contribution in [1.29, 1.82) is 0 Å². The standard InChI is InChI=1S/C18H38N2O/c1-6-11-20(12-13-21)15-18(14-19-17(3,4)5)9-7-16(2)8-10-18/h16,19,21H,6-15H2,1-5H3. The zero-order valence-corrected chi connectivity index (χ0v) is 15.0. The molecule has 1 fully saturated rings. The predicted molar refractivity (Wildman–Crippen MR) is 91.6 cm³/mol. The fraction of sp³-hybridized carbons (Fsp3) is 1.00. The van der Waals surface area contributed by atoms with Gasteiger partial charge in [0, 0.05) is 25.2 Å². The molecule has 1 aliphatic carbocycles. The number of aliphatic hydroxyl groups excluding tert-OH is 1. The maximum Gasteiger partial charge on any atom is 0.0558 e. The molecule has 0 atom stereocenters. The Labute approximate surface area is 132 Å². The summed E-state index contributed by atoms with van der Waals surface area (Å²) < 4.78 is 0. The van der Waals surface area contributed by atoms with E-state index in [2.05, 4.69) is 44.8 Å². The lowest BCUT2D eigenvalue weighted by atomic mass is 9.70. The first-order valence-electron chi connectivity index (χ1n) is 8.88. The molecule has 0 aromatic carbocycles. The Morgan fingerprint density at radius 1 is 1.19 bits per heavy atom. The van der Waals surface area contributed by atoms with Crippen LogP contribution in [-0.4, -0.2) is 48.3 Å². The summed E-state index contributed by atoms with van der Waals surface area (Å²) in [6.07, 6.45) is 6.51. The number of rotatable bonds is 8. The molecule has 0 bridgehead atoms. The van der Waals surface area contributed by atoms with Crippen LogP contribution in [0, 0.1) is 11.3 Å². The average molecular weight is 299 g/mol. The lowest BCUT2D eigenvalue weighted by Crippen LogP contribution is -2.50. The first-order chi connectivity index (χ1) is 9.80. The molecule has 3 nitrogen and oxygen atoms in total. The van der Waals surface area contributed by atoms with Crippen molar-refractivity contribution in [3.05, 3.63) is 0 Å². The molecular weight excluding hydrogens is 260 g/mol. The minimum atomic E-state index is 0.183. The summed E-state index contributed by atoms with van der Waals surface area (Å²) in [6.45, 7) is 15.8. The fourth-order valence-electron chi connectivity index (χ4n) is 3.42. The number of aliphatic hydroxyl groups is 1. The Hall–Kier alpha value is -0.120. The van der Waals surface area contributed by atoms with Gasteiger partial charge >= 0.3 is 0 Å². The van der Waals surface area contributed by atoms with Gasteiger partial charge < -0.3 is 15.3 Å². The van der Waals surface area contributed by atoms with Gasteiger partial charge in [0.05, 0.1) is 6.61 Å². The van der Waals surface area contributed by atoms with Crippen LogP contribution in [0.25, 0.3) is 0 Å². The Morgan fingerprint density at radius 3 is 2.29 bits per heavy atom. The minimum absolute atomic E-state index is 0.183. The van der Waals surface area contributed by atoms with E-state index in [1.807, 2.05) is 0 Å². The van der Waals surface area contributed by atoms with E-state index in [1.165, 1.54) is 32.1 Å². The third-order valence-electron chi connectivity index (χ3n) is 4.84. The molecule has 0 amide bonds. The molecule has 126 valence electrons. The van der Waals surface area contributed by atoms with Gasteiger partial charge in [-0.3, -0.25) is 0 Å². The van der Waals surface area contributed by atoms with Gasteiger partial charge in [0.15, 0.2) is 0 Å². The minimum Gasteiger partial charge on any atom is -0.395 e. The van der Waals surface area contributed by atoms with Crippen molar-refractivity contribution < 1.29 is 5.11 Å². The predicted octanol–water partition coefficient (Wildman–Crippen LogP) is 3.28. The highest BCUT2D eigenvalue weighted by atomic mass is 16.3. The monoisotopic (exact) mass is 298 g/mol. The lowest BCUT2D eigenvalue weighted by Gasteiger charge is -2.44. The number of nitrogens with zero attached hydrogens (tertiary/aromatic N) is 1. The Morgan fingerprint density at radius 2 is 1.81 bits per heavy atom. The highest BCUT2D eigenvalue weighted by molar-refractivity contribution is 4.91. The molecule has 1 rings (SSSR count). The number of hydrogen-bond donors (Lipinski definition) is 2. The highest BCUT2D eigenvalue weighted by Crippen LogP contribution is 2.39. The van der Waals surface area contributed by atoms with Crippen LogP contribution in [-0.2, 0) is 0 Å². The topological polar surface area (TPSA) is 35.5 Å². The second-order valence-electron chi connectivity index (χ2n) is 8.29. The molecule has 1 saturated carbocycles. The fourth-order valence-corrected chi connectivity index (χ4v) is 3.42. The number of nitrogens with one attached hydrogen (secondary N) is 1. The van der Waals surface area contributed by atoms with Crippen molar-refractivity contribution in [2.75, 3.05) is 32.8 Å². The van der Waals surface area contributed by atoms with Crippen molar-refractivity contribution in [3.63, 3.8) is 0 Å². The van der Waals surface area contributed by atoms with Gasteiger partial charge in [-0.05, 0) is 57.9 Å². The molecule has 21 heavy (non-hydrogen) atoms. The van der Waals surface area contributed by atoms with E-state index in [0.717, 1.165) is 32.1 Å². The molecule has 0 unspecified atom stereocenters. The lowest BCUT2D eigenvalue weighted by molar-refractivity contribution is 0.0703. The summed E-state index contributed by atoms with van der Waals surface area (Å²) in [4.78, 5) is 2.47. The second-order valence-corrected chi connectivity index (χ2v) is 8.29. The molecule has 0 aromatic rings. The Bertz CT molecular complexity index is 271. The van der Waals surface area contributed by atoms with E-state index in [4.69, 9.17) is 0 Å². The normalized spacial score (nSPS) is 27.3. The van der Waals surface area contributed by atoms with Crippen molar-refractivity contribution in [1.82, 2.24) is 10.2 Å². The zero-order chi connectivity index (χ0) is 15.9. The first-order valence-corrected chi connectivity index (χ1v) is 8.88. The first kappa shape index (κ1) is 18.9. The van der Waals surface area contributed by atoms with Crippen LogP contribution in [0.1, 0.15) is 66.7 Å². The average Bonchev–Trinajstić information content (AvgIpc) is 2.40. The van der Waals surface area contributed by atoms with Crippen LogP contribution < -0.4 is 5.32 Å². The summed E-state index contributed by atoms with van der Waals surface area (Å²) in [7, 11) is 0.